The molecule has 0 unspecified atom stereocenters. The molecule has 0 saturated carbocycles. The third-order valence-corrected chi connectivity index (χ3v) is 2.84. The second-order valence-electron chi connectivity index (χ2n) is 3.51. The number of carbonyl (C=O) groups is 1. The zero-order chi connectivity index (χ0) is 15.3. The molecule has 112 valence electrons. The molecule has 4 N–H and O–H groups in total. The minimum absolute atomic E-state index is 0.289. The Balaban J connectivity index is 2.60. The van der Waals surface area contributed by atoms with Gasteiger partial charge in [-0.05, 0) is 23.9 Å². The lowest BCUT2D eigenvalue weighted by molar-refractivity contribution is -0.0327. The third kappa shape index (κ3) is 4.85. The highest BCUT2D eigenvalue weighted by Crippen LogP contribution is 2.29. The molecule has 1 amide bonds. The van der Waals surface area contributed by atoms with Gasteiger partial charge < -0.3 is 10.7 Å². The van der Waals surface area contributed by atoms with Crippen molar-refractivity contribution in [2.45, 2.75) is 5.51 Å². The number of hydrogen-bond donors (Lipinski definition) is 3. The maximum absolute atomic E-state index is 13.3. The number of nitrogen functional groups attached to an aromatic ring is 1. The van der Waals surface area contributed by atoms with Crippen molar-refractivity contribution in [3.63, 3.8) is 0 Å². The van der Waals surface area contributed by atoms with Gasteiger partial charge >= 0.3 is 5.51 Å². The predicted octanol–water partition coefficient (Wildman–Crippen LogP) is 2.23. The average Bonchev–Trinajstić information content (AvgIpc) is 2.32. The van der Waals surface area contributed by atoms with E-state index in [9.17, 15) is 26.7 Å². The largest absolute Gasteiger partial charge is 0.441 e. The van der Waals surface area contributed by atoms with E-state index in [1.54, 1.807) is 5.43 Å². The van der Waals surface area contributed by atoms with Gasteiger partial charge in [0.2, 0.25) is 0 Å². The number of hydrogen-bond acceptors (Lipinski definition) is 4. The molecule has 0 heterocycles. The summed E-state index contributed by atoms with van der Waals surface area (Å²) >= 11 is -0.306. The van der Waals surface area contributed by atoms with E-state index < -0.39 is 34.5 Å². The molecule has 0 aliphatic rings. The summed E-state index contributed by atoms with van der Waals surface area (Å²) in [5, 5.41) is 2.12. The van der Waals surface area contributed by atoms with Crippen molar-refractivity contribution < 1.29 is 26.7 Å². The van der Waals surface area contributed by atoms with E-state index in [0.29, 0.717) is 0 Å². The molecular weight excluding hydrogens is 305 g/mol. The van der Waals surface area contributed by atoms with Crippen LogP contribution in [0.4, 0.5) is 27.6 Å². The van der Waals surface area contributed by atoms with Gasteiger partial charge in [0.15, 0.2) is 11.6 Å². The fourth-order valence-electron chi connectivity index (χ4n) is 1.28. The van der Waals surface area contributed by atoms with Crippen LogP contribution in [0.15, 0.2) is 12.1 Å². The second kappa shape index (κ2) is 6.75. The van der Waals surface area contributed by atoms with Crippen molar-refractivity contribution in [3.05, 3.63) is 29.3 Å². The minimum Gasteiger partial charge on any atom is -0.351 e. The molecule has 0 fully saturated rings. The number of carbonyl (C=O) groups excluding carboxylic acids is 1. The first kappa shape index (κ1) is 16.5. The highest BCUT2D eigenvalue weighted by Gasteiger charge is 2.27. The summed E-state index contributed by atoms with van der Waals surface area (Å²) in [6, 6.07) is 1.45. The number of rotatable bonds is 5. The number of halogens is 5. The Labute approximate surface area is 114 Å². The lowest BCUT2D eigenvalue weighted by atomic mass is 10.1. The number of nitrogens with one attached hydrogen (secondary N) is 2. The van der Waals surface area contributed by atoms with Gasteiger partial charge in [-0.2, -0.15) is 13.2 Å². The van der Waals surface area contributed by atoms with Gasteiger partial charge in [0.05, 0.1) is 0 Å². The molecule has 0 spiro atoms. The van der Waals surface area contributed by atoms with Crippen molar-refractivity contribution >= 4 is 23.4 Å². The fourth-order valence-corrected chi connectivity index (χ4v) is 1.71. The van der Waals surface area contributed by atoms with E-state index in [0.717, 1.165) is 12.1 Å². The molecule has 1 rings (SSSR count). The van der Waals surface area contributed by atoms with E-state index in [4.69, 9.17) is 5.84 Å². The molecule has 0 saturated heterocycles. The Bertz CT molecular complexity index is 471. The Hall–Kier alpha value is -1.55. The van der Waals surface area contributed by atoms with Crippen LogP contribution in [0.2, 0.25) is 0 Å². The predicted molar refractivity (Wildman–Crippen MR) is 65.0 cm³/mol. The molecule has 1 aromatic carbocycles. The van der Waals surface area contributed by atoms with Crippen molar-refractivity contribution in [3.8, 4) is 0 Å². The van der Waals surface area contributed by atoms with Gasteiger partial charge in [0.25, 0.3) is 5.91 Å². The Kier molecular flexibility index (Phi) is 5.57. The highest BCUT2D eigenvalue weighted by atomic mass is 32.2. The van der Waals surface area contributed by atoms with Crippen LogP contribution in [-0.4, -0.2) is 23.7 Å². The van der Waals surface area contributed by atoms with Crippen molar-refractivity contribution in [1.29, 1.82) is 0 Å². The molecule has 0 bridgehead atoms. The number of benzene rings is 1. The van der Waals surface area contributed by atoms with Crippen LogP contribution in [0.1, 0.15) is 10.4 Å². The molecule has 4 nitrogen and oxygen atoms in total. The first-order chi connectivity index (χ1) is 9.24. The van der Waals surface area contributed by atoms with E-state index >= 15 is 0 Å². The third-order valence-electron chi connectivity index (χ3n) is 2.10. The molecule has 1 aromatic rings. The van der Waals surface area contributed by atoms with E-state index in [1.165, 1.54) is 0 Å². The lowest BCUT2D eigenvalue weighted by Gasteiger charge is -2.09. The van der Waals surface area contributed by atoms with E-state index in [1.807, 2.05) is 0 Å². The van der Waals surface area contributed by atoms with Crippen LogP contribution in [0.5, 0.6) is 0 Å². The zero-order valence-electron chi connectivity index (χ0n) is 9.85. The number of alkyl halides is 3. The van der Waals surface area contributed by atoms with Crippen LogP contribution in [0.25, 0.3) is 0 Å². The summed E-state index contributed by atoms with van der Waals surface area (Å²) in [7, 11) is 0. The fraction of sp³-hybridized carbons (Fsp3) is 0.300. The van der Waals surface area contributed by atoms with Gasteiger partial charge in [0.1, 0.15) is 5.69 Å². The number of thioether (sulfide) groups is 1. The van der Waals surface area contributed by atoms with Crippen LogP contribution >= 0.6 is 11.8 Å². The maximum atomic E-state index is 13.3. The van der Waals surface area contributed by atoms with Gasteiger partial charge in [-0.1, -0.05) is 0 Å². The normalized spacial score (nSPS) is 11.3. The lowest BCUT2D eigenvalue weighted by Crippen LogP contribution is -2.27. The Morgan fingerprint density at radius 1 is 1.25 bits per heavy atom. The monoisotopic (exact) mass is 315 g/mol. The average molecular weight is 315 g/mol. The Morgan fingerprint density at radius 3 is 2.25 bits per heavy atom. The van der Waals surface area contributed by atoms with Crippen LogP contribution < -0.4 is 16.6 Å². The molecule has 20 heavy (non-hydrogen) atoms. The Morgan fingerprint density at radius 2 is 1.80 bits per heavy atom. The summed E-state index contributed by atoms with van der Waals surface area (Å²) in [5.74, 6) is 1.43. The van der Waals surface area contributed by atoms with Gasteiger partial charge in [-0.3, -0.25) is 10.6 Å². The number of amides is 1. The van der Waals surface area contributed by atoms with Crippen molar-refractivity contribution in [2.24, 2.45) is 5.84 Å². The summed E-state index contributed by atoms with van der Waals surface area (Å²) in [6.45, 7) is -0.289. The first-order valence-corrected chi connectivity index (χ1v) is 6.17. The summed E-state index contributed by atoms with van der Waals surface area (Å²) in [6.07, 6.45) is 0. The number of hydrazine groups is 1. The topological polar surface area (TPSA) is 67.1 Å². The number of anilines is 1. The van der Waals surface area contributed by atoms with Gasteiger partial charge in [0, 0.05) is 17.9 Å². The smallest absolute Gasteiger partial charge is 0.351 e. The zero-order valence-corrected chi connectivity index (χ0v) is 10.7. The summed E-state index contributed by atoms with van der Waals surface area (Å²) in [5.41, 5.74) is -3.56. The quantitative estimate of drug-likeness (QED) is 0.337. The molecule has 10 heteroatoms. The van der Waals surface area contributed by atoms with Gasteiger partial charge in [-0.25, -0.2) is 8.78 Å². The molecule has 0 radical (unpaired) electrons. The first-order valence-electron chi connectivity index (χ1n) is 5.19. The number of nitrogens with two attached hydrogens (primary N) is 1. The van der Waals surface area contributed by atoms with Crippen molar-refractivity contribution in [1.82, 2.24) is 5.32 Å². The van der Waals surface area contributed by atoms with Crippen LogP contribution in [0, 0.1) is 11.6 Å². The van der Waals surface area contributed by atoms with Crippen LogP contribution in [0.3, 0.4) is 0 Å². The molecule has 0 aliphatic carbocycles. The standard InChI is InChI=1S/C10H10F5N3OS/c11-6-3-5(4-7(12)8(6)18-16)9(19)17-1-2-20-10(13,14)15/h3-4,18H,1-2,16H2,(H,17,19). The van der Waals surface area contributed by atoms with E-state index in [-0.39, 0.29) is 23.9 Å². The summed E-state index contributed by atoms with van der Waals surface area (Å²) in [4.78, 5) is 11.5. The van der Waals surface area contributed by atoms with Crippen molar-refractivity contribution in [2.75, 3.05) is 17.7 Å². The van der Waals surface area contributed by atoms with Crippen LogP contribution in [-0.2, 0) is 0 Å². The second-order valence-corrected chi connectivity index (χ2v) is 4.67. The summed E-state index contributed by atoms with van der Waals surface area (Å²) < 4.78 is 62.1. The molecular formula is C10H10F5N3OS. The maximum Gasteiger partial charge on any atom is 0.441 e. The SMILES string of the molecule is NNc1c(F)cc(C(=O)NCCSC(F)(F)F)cc1F. The van der Waals surface area contributed by atoms with E-state index in [2.05, 4.69) is 5.32 Å². The molecule has 0 atom stereocenters. The molecule has 0 aliphatic heterocycles. The van der Waals surface area contributed by atoms with Gasteiger partial charge in [-0.15, -0.1) is 0 Å². The minimum atomic E-state index is -4.39. The molecule has 0 aromatic heterocycles. The highest BCUT2D eigenvalue weighted by molar-refractivity contribution is 8.00.